The molecule has 4 rings (SSSR count). The summed E-state index contributed by atoms with van der Waals surface area (Å²) >= 11 is 0. The van der Waals surface area contributed by atoms with E-state index in [4.69, 9.17) is 4.42 Å². The second-order valence-corrected chi connectivity index (χ2v) is 10.5. The number of fused-ring (bicyclic) bond motifs is 1. The summed E-state index contributed by atoms with van der Waals surface area (Å²) in [7, 11) is -2.01. The summed E-state index contributed by atoms with van der Waals surface area (Å²) in [6.45, 7) is 3.91. The molecule has 2 aromatic rings. The highest BCUT2D eigenvalue weighted by atomic mass is 32.2. The Balaban J connectivity index is 1.75. The van der Waals surface area contributed by atoms with E-state index < -0.39 is 15.4 Å². The minimum absolute atomic E-state index is 0.0261. The second kappa shape index (κ2) is 7.29. The maximum atomic E-state index is 13.7. The molecule has 1 aromatic heterocycles. The lowest BCUT2D eigenvalue weighted by molar-refractivity contribution is -0.121. The van der Waals surface area contributed by atoms with Crippen molar-refractivity contribution in [3.8, 4) is 0 Å². The first kappa shape index (κ1) is 20.2. The molecular weight excluding hydrogens is 388 g/mol. The van der Waals surface area contributed by atoms with Crippen LogP contribution in [0.1, 0.15) is 57.3 Å². The topological polar surface area (TPSA) is 70.8 Å². The van der Waals surface area contributed by atoms with Gasteiger partial charge in [-0.1, -0.05) is 19.3 Å². The molecule has 1 fully saturated rings. The van der Waals surface area contributed by atoms with Gasteiger partial charge >= 0.3 is 0 Å². The maximum Gasteiger partial charge on any atom is 0.243 e. The van der Waals surface area contributed by atoms with Crippen LogP contribution in [-0.4, -0.2) is 31.7 Å². The molecule has 7 heteroatoms. The van der Waals surface area contributed by atoms with Crippen LogP contribution in [0.15, 0.2) is 45.9 Å². The van der Waals surface area contributed by atoms with Crippen molar-refractivity contribution in [3.05, 3.63) is 47.9 Å². The molecule has 2 aliphatic rings. The van der Waals surface area contributed by atoms with Gasteiger partial charge in [0.15, 0.2) is 0 Å². The van der Waals surface area contributed by atoms with Gasteiger partial charge in [-0.05, 0) is 62.6 Å². The van der Waals surface area contributed by atoms with Crippen molar-refractivity contribution >= 4 is 21.6 Å². The number of hydrogen-bond acceptors (Lipinski definition) is 4. The number of hydrogen-bond donors (Lipinski definition) is 0. The zero-order valence-electron chi connectivity index (χ0n) is 17.2. The summed E-state index contributed by atoms with van der Waals surface area (Å²) in [5, 5.41) is 0. The van der Waals surface area contributed by atoms with Crippen LogP contribution in [0.25, 0.3) is 0 Å². The Labute approximate surface area is 172 Å². The minimum Gasteiger partial charge on any atom is -0.468 e. The van der Waals surface area contributed by atoms with Crippen molar-refractivity contribution in [1.82, 2.24) is 4.31 Å². The van der Waals surface area contributed by atoms with Crippen molar-refractivity contribution in [2.45, 2.75) is 68.8 Å². The molecule has 0 radical (unpaired) electrons. The molecule has 0 bridgehead atoms. The van der Waals surface area contributed by atoms with Crippen LogP contribution in [0.3, 0.4) is 0 Å². The number of amides is 1. The molecule has 1 aromatic carbocycles. The number of anilines is 1. The Kier molecular flexibility index (Phi) is 5.07. The Morgan fingerprint density at radius 3 is 2.55 bits per heavy atom. The Bertz CT molecular complexity index is 1010. The smallest absolute Gasteiger partial charge is 0.243 e. The van der Waals surface area contributed by atoms with Gasteiger partial charge in [0.25, 0.3) is 0 Å². The maximum absolute atomic E-state index is 13.7. The van der Waals surface area contributed by atoms with E-state index in [9.17, 15) is 13.2 Å². The molecule has 0 spiro atoms. The minimum atomic E-state index is -3.74. The third kappa shape index (κ3) is 3.40. The molecule has 1 saturated carbocycles. The molecule has 0 atom stereocenters. The van der Waals surface area contributed by atoms with E-state index in [1.807, 2.05) is 19.9 Å². The van der Waals surface area contributed by atoms with Gasteiger partial charge in [-0.25, -0.2) is 8.42 Å². The lowest BCUT2D eigenvalue weighted by Crippen LogP contribution is -2.40. The number of likely N-dealkylation sites (N-methyl/N-ethyl adjacent to an activating group) is 1. The molecule has 1 amide bonds. The summed E-state index contributed by atoms with van der Waals surface area (Å²) in [5.74, 6) is 0.609. The van der Waals surface area contributed by atoms with Crippen molar-refractivity contribution in [1.29, 1.82) is 0 Å². The number of sulfonamides is 1. The quantitative estimate of drug-likeness (QED) is 0.737. The van der Waals surface area contributed by atoms with Crippen LogP contribution >= 0.6 is 0 Å². The lowest BCUT2D eigenvalue weighted by atomic mass is 9.86. The van der Waals surface area contributed by atoms with Crippen LogP contribution < -0.4 is 4.90 Å². The molecule has 1 aliphatic heterocycles. The standard InChI is InChI=1S/C22H28N2O4S/c1-22(2)19-14-18(11-12-20(19)23(3)21(22)25)29(26,27)24(15-17-10-7-13-28-17)16-8-5-4-6-9-16/h7,10-14,16H,4-6,8-9,15H2,1-3H3. The number of nitrogens with zero attached hydrogens (tertiary/aromatic N) is 2. The molecular formula is C22H28N2O4S. The van der Waals surface area contributed by atoms with Crippen LogP contribution in [0.2, 0.25) is 0 Å². The molecule has 156 valence electrons. The first-order valence-electron chi connectivity index (χ1n) is 10.2. The lowest BCUT2D eigenvalue weighted by Gasteiger charge is -2.33. The molecule has 6 nitrogen and oxygen atoms in total. The van der Waals surface area contributed by atoms with Crippen molar-refractivity contribution in [3.63, 3.8) is 0 Å². The monoisotopic (exact) mass is 416 g/mol. The van der Waals surface area contributed by atoms with Crippen LogP contribution in [0, 0.1) is 0 Å². The van der Waals surface area contributed by atoms with Crippen LogP contribution in [0.4, 0.5) is 5.69 Å². The fraction of sp³-hybridized carbons (Fsp3) is 0.500. The second-order valence-electron chi connectivity index (χ2n) is 8.59. The molecule has 29 heavy (non-hydrogen) atoms. The Morgan fingerprint density at radius 2 is 1.90 bits per heavy atom. The van der Waals surface area contributed by atoms with E-state index in [0.717, 1.165) is 43.4 Å². The highest BCUT2D eigenvalue weighted by Gasteiger charge is 2.43. The predicted octanol–water partition coefficient (Wildman–Crippen LogP) is 4.06. The normalized spacial score (nSPS) is 19.7. The van der Waals surface area contributed by atoms with Gasteiger partial charge in [-0.2, -0.15) is 4.31 Å². The first-order valence-corrected chi connectivity index (χ1v) is 11.6. The number of carbonyl (C=O) groups excluding carboxylic acids is 1. The molecule has 0 unspecified atom stereocenters. The zero-order valence-corrected chi connectivity index (χ0v) is 18.0. The fourth-order valence-corrected chi connectivity index (χ4v) is 6.26. The molecule has 2 heterocycles. The van der Waals surface area contributed by atoms with Crippen LogP contribution in [-0.2, 0) is 26.8 Å². The summed E-state index contributed by atoms with van der Waals surface area (Å²) in [6.07, 6.45) is 6.50. The van der Waals surface area contributed by atoms with Gasteiger partial charge in [-0.3, -0.25) is 4.79 Å². The van der Waals surface area contributed by atoms with E-state index in [-0.39, 0.29) is 23.4 Å². The molecule has 1 aliphatic carbocycles. The third-order valence-corrected chi connectivity index (χ3v) is 8.22. The molecule has 0 saturated heterocycles. The number of rotatable bonds is 5. The van der Waals surface area contributed by atoms with E-state index in [2.05, 4.69) is 0 Å². The summed E-state index contributed by atoms with van der Waals surface area (Å²) in [4.78, 5) is 14.4. The van der Waals surface area contributed by atoms with Gasteiger partial charge in [0.05, 0.1) is 23.1 Å². The van der Waals surface area contributed by atoms with E-state index in [1.54, 1.807) is 46.8 Å². The van der Waals surface area contributed by atoms with Crippen molar-refractivity contribution < 1.29 is 17.6 Å². The van der Waals surface area contributed by atoms with E-state index in [1.165, 1.54) is 0 Å². The first-order chi connectivity index (χ1) is 13.7. The largest absolute Gasteiger partial charge is 0.468 e. The SMILES string of the molecule is CN1C(=O)C(C)(C)c2cc(S(=O)(=O)N(Cc3ccco3)C3CCCCC3)ccc21. The highest BCUT2D eigenvalue weighted by Crippen LogP contribution is 2.42. The Hall–Kier alpha value is -2.12. The van der Waals surface area contributed by atoms with Crippen molar-refractivity contribution in [2.75, 3.05) is 11.9 Å². The zero-order chi connectivity index (χ0) is 20.8. The Morgan fingerprint density at radius 1 is 1.17 bits per heavy atom. The van der Waals surface area contributed by atoms with Gasteiger partial charge in [0.1, 0.15) is 5.76 Å². The van der Waals surface area contributed by atoms with E-state index in [0.29, 0.717) is 5.76 Å². The average molecular weight is 417 g/mol. The predicted molar refractivity (Wildman–Crippen MR) is 111 cm³/mol. The van der Waals surface area contributed by atoms with Gasteiger partial charge in [0, 0.05) is 18.8 Å². The van der Waals surface area contributed by atoms with E-state index >= 15 is 0 Å². The fourth-order valence-electron chi connectivity index (χ4n) is 4.58. The summed E-state index contributed by atoms with van der Waals surface area (Å²) < 4.78 is 34.5. The summed E-state index contributed by atoms with van der Waals surface area (Å²) in [5.41, 5.74) is 0.786. The molecule has 0 N–H and O–H groups in total. The highest BCUT2D eigenvalue weighted by molar-refractivity contribution is 7.89. The van der Waals surface area contributed by atoms with Crippen molar-refractivity contribution in [2.24, 2.45) is 0 Å². The number of benzene rings is 1. The van der Waals surface area contributed by atoms with Gasteiger partial charge in [-0.15, -0.1) is 0 Å². The van der Waals surface area contributed by atoms with Crippen LogP contribution in [0.5, 0.6) is 0 Å². The third-order valence-electron chi connectivity index (χ3n) is 6.32. The van der Waals surface area contributed by atoms with Gasteiger partial charge in [0.2, 0.25) is 15.9 Å². The van der Waals surface area contributed by atoms with Gasteiger partial charge < -0.3 is 9.32 Å². The number of carbonyl (C=O) groups is 1. The number of furan rings is 1. The summed E-state index contributed by atoms with van der Waals surface area (Å²) in [6, 6.07) is 8.61. The average Bonchev–Trinajstić information content (AvgIpc) is 3.29.